The predicted molar refractivity (Wildman–Crippen MR) is 81.3 cm³/mol. The van der Waals surface area contributed by atoms with Gasteiger partial charge in [-0.15, -0.1) is 0 Å². The van der Waals surface area contributed by atoms with Crippen LogP contribution in [0.2, 0.25) is 0 Å². The first-order chi connectivity index (χ1) is 9.10. The number of hydrogen-bond acceptors (Lipinski definition) is 4. The van der Waals surface area contributed by atoms with Gasteiger partial charge in [-0.1, -0.05) is 0 Å². The summed E-state index contributed by atoms with van der Waals surface area (Å²) in [6.45, 7) is 3.27. The van der Waals surface area contributed by atoms with Gasteiger partial charge in [0.2, 0.25) is 6.33 Å². The van der Waals surface area contributed by atoms with Crippen molar-refractivity contribution in [3.8, 4) is 0 Å². The zero-order valence-corrected chi connectivity index (χ0v) is 13.6. The van der Waals surface area contributed by atoms with Crippen molar-refractivity contribution < 1.29 is 14.5 Å². The Morgan fingerprint density at radius 1 is 1.26 bits per heavy atom. The highest BCUT2D eigenvalue weighted by molar-refractivity contribution is 7.98. The molecule has 0 aliphatic rings. The number of carbonyl (C=O) groups excluding carboxylic acids is 1. The van der Waals surface area contributed by atoms with Gasteiger partial charge in [0.05, 0.1) is 13.1 Å². The fourth-order valence-electron chi connectivity index (χ4n) is 1.49. The Morgan fingerprint density at radius 3 is 2.42 bits per heavy atom. The lowest BCUT2D eigenvalue weighted by atomic mass is 10.5. The molecule has 1 heterocycles. The van der Waals surface area contributed by atoms with Gasteiger partial charge in [-0.05, 0) is 43.8 Å². The van der Waals surface area contributed by atoms with E-state index in [0.29, 0.717) is 0 Å². The molecule has 0 unspecified atom stereocenters. The Bertz CT molecular complexity index is 315. The smallest absolute Gasteiger partial charge is 0.243 e. The van der Waals surface area contributed by atoms with Crippen LogP contribution in [0.25, 0.3) is 0 Å². The van der Waals surface area contributed by atoms with E-state index in [-0.39, 0.29) is 0 Å². The van der Waals surface area contributed by atoms with Gasteiger partial charge >= 0.3 is 0 Å². The second kappa shape index (κ2) is 12.4. The molecule has 0 spiro atoms. The molecule has 1 rings (SSSR count). The number of carbonyl (C=O) groups is 1. The van der Waals surface area contributed by atoms with Crippen molar-refractivity contribution in [2.24, 2.45) is 0 Å². The van der Waals surface area contributed by atoms with E-state index in [4.69, 9.17) is 9.90 Å². The maximum atomic E-state index is 8.89. The zero-order chi connectivity index (χ0) is 14.5. The van der Waals surface area contributed by atoms with Crippen LogP contribution >= 0.6 is 23.5 Å². The maximum Gasteiger partial charge on any atom is 0.243 e. The maximum absolute atomic E-state index is 8.89. The van der Waals surface area contributed by atoms with Gasteiger partial charge < -0.3 is 9.90 Å². The van der Waals surface area contributed by atoms with Crippen molar-refractivity contribution in [1.82, 2.24) is 4.57 Å². The minimum Gasteiger partial charge on any atom is -0.550 e. The lowest BCUT2D eigenvalue weighted by molar-refractivity contribution is -0.696. The summed E-state index contributed by atoms with van der Waals surface area (Å²) in [5, 5.41) is 8.89. The molecule has 1 aromatic heterocycles. The predicted octanol–water partition coefficient (Wildman–Crippen LogP) is 1.04. The normalized spacial score (nSPS) is 9.84. The zero-order valence-electron chi connectivity index (χ0n) is 12.0. The van der Waals surface area contributed by atoms with Crippen LogP contribution in [-0.4, -0.2) is 34.6 Å². The summed E-state index contributed by atoms with van der Waals surface area (Å²) in [5.74, 6) is 1.43. The first kappa shape index (κ1) is 18.4. The summed E-state index contributed by atoms with van der Waals surface area (Å²) < 4.78 is 4.57. The average molecular weight is 304 g/mol. The number of aromatic nitrogens is 2. The SMILES string of the molecule is CC(=O)[O-].CSCCCn1cc[n+](CCCSC)c1. The van der Waals surface area contributed by atoms with Gasteiger partial charge in [0.1, 0.15) is 12.4 Å². The number of hydrogen-bond donors (Lipinski definition) is 0. The fraction of sp³-hybridized carbons (Fsp3) is 0.692. The molecule has 19 heavy (non-hydrogen) atoms. The first-order valence-electron chi connectivity index (χ1n) is 6.30. The van der Waals surface area contributed by atoms with Gasteiger partial charge in [-0.25, -0.2) is 9.13 Å². The van der Waals surface area contributed by atoms with E-state index in [1.54, 1.807) is 0 Å². The van der Waals surface area contributed by atoms with Crippen LogP contribution in [0.1, 0.15) is 19.8 Å². The molecule has 110 valence electrons. The summed E-state index contributed by atoms with van der Waals surface area (Å²) >= 11 is 3.84. The third kappa shape index (κ3) is 12.2. The molecule has 4 nitrogen and oxygen atoms in total. The van der Waals surface area contributed by atoms with Gasteiger partial charge in [-0.2, -0.15) is 23.5 Å². The van der Waals surface area contributed by atoms with Crippen molar-refractivity contribution in [3.63, 3.8) is 0 Å². The molecule has 0 radical (unpaired) electrons. The minimum atomic E-state index is -1.08. The molecule has 0 atom stereocenters. The average Bonchev–Trinajstić information content (AvgIpc) is 2.77. The third-order valence-corrected chi connectivity index (χ3v) is 3.67. The Balaban J connectivity index is 0.000000711. The molecular weight excluding hydrogens is 280 g/mol. The number of aryl methyl sites for hydroxylation is 2. The van der Waals surface area contributed by atoms with E-state index >= 15 is 0 Å². The van der Waals surface area contributed by atoms with E-state index in [1.807, 2.05) is 23.5 Å². The summed E-state index contributed by atoms with van der Waals surface area (Å²) in [6.07, 6.45) is 13.4. The first-order valence-corrected chi connectivity index (χ1v) is 9.09. The highest BCUT2D eigenvalue weighted by Crippen LogP contribution is 1.98. The Morgan fingerprint density at radius 2 is 1.84 bits per heavy atom. The molecule has 6 heteroatoms. The molecule has 0 bridgehead atoms. The van der Waals surface area contributed by atoms with Crippen molar-refractivity contribution >= 4 is 29.5 Å². The van der Waals surface area contributed by atoms with Crippen molar-refractivity contribution in [2.75, 3.05) is 24.0 Å². The lowest BCUT2D eigenvalue weighted by Gasteiger charge is -1.95. The molecular formula is C13H24N2O2S2. The van der Waals surface area contributed by atoms with Crippen LogP contribution in [-0.2, 0) is 17.9 Å². The van der Waals surface area contributed by atoms with Crippen LogP contribution in [0.15, 0.2) is 18.7 Å². The Labute approximate surface area is 124 Å². The Hall–Kier alpha value is -0.620. The standard InChI is InChI=1S/C11H21N2S2.C2H4O2/c1-14-9-3-5-12-7-8-13(11-12)6-4-10-15-2;1-2(3)4/h7-8,11H,3-6,9-10H2,1-2H3;1H3,(H,3,4)/q+1;/p-1. The van der Waals surface area contributed by atoms with E-state index < -0.39 is 5.97 Å². The van der Waals surface area contributed by atoms with E-state index in [0.717, 1.165) is 20.0 Å². The molecule has 0 aliphatic carbocycles. The summed E-state index contributed by atoms with van der Waals surface area (Å²) in [6, 6.07) is 0. The summed E-state index contributed by atoms with van der Waals surface area (Å²) in [4.78, 5) is 8.89. The highest BCUT2D eigenvalue weighted by atomic mass is 32.2. The molecule has 0 fully saturated rings. The quantitative estimate of drug-likeness (QED) is 0.532. The van der Waals surface area contributed by atoms with E-state index in [1.165, 1.54) is 24.3 Å². The molecule has 0 saturated carbocycles. The van der Waals surface area contributed by atoms with Crippen molar-refractivity contribution in [2.45, 2.75) is 32.9 Å². The number of carboxylic acids is 1. The largest absolute Gasteiger partial charge is 0.550 e. The topological polar surface area (TPSA) is 48.9 Å². The van der Waals surface area contributed by atoms with Crippen LogP contribution in [0.3, 0.4) is 0 Å². The van der Waals surface area contributed by atoms with Gasteiger partial charge in [0, 0.05) is 5.97 Å². The van der Waals surface area contributed by atoms with Gasteiger partial charge in [-0.3, -0.25) is 0 Å². The molecule has 0 N–H and O–H groups in total. The van der Waals surface area contributed by atoms with Crippen LogP contribution < -0.4 is 9.67 Å². The molecule has 0 aliphatic heterocycles. The monoisotopic (exact) mass is 304 g/mol. The fourth-order valence-corrected chi connectivity index (χ4v) is 2.32. The molecule has 0 amide bonds. The van der Waals surface area contributed by atoms with E-state index in [9.17, 15) is 0 Å². The third-order valence-electron chi connectivity index (χ3n) is 2.28. The highest BCUT2D eigenvalue weighted by Gasteiger charge is 2.02. The summed E-state index contributed by atoms with van der Waals surface area (Å²) in [7, 11) is 0. The second-order valence-electron chi connectivity index (χ2n) is 4.07. The Kier molecular flexibility index (Phi) is 12.0. The minimum absolute atomic E-state index is 0.972. The lowest BCUT2D eigenvalue weighted by Crippen LogP contribution is -2.31. The number of rotatable bonds is 8. The number of imidazole rings is 1. The van der Waals surface area contributed by atoms with Crippen LogP contribution in [0, 0.1) is 0 Å². The number of thioether (sulfide) groups is 2. The van der Waals surface area contributed by atoms with E-state index in [2.05, 4.69) is 40.4 Å². The second-order valence-corrected chi connectivity index (χ2v) is 6.04. The number of aliphatic carboxylic acids is 1. The number of carboxylic acid groups (broad SMARTS) is 1. The molecule has 1 aromatic rings. The summed E-state index contributed by atoms with van der Waals surface area (Å²) in [5.41, 5.74) is 0. The van der Waals surface area contributed by atoms with Crippen molar-refractivity contribution in [1.29, 1.82) is 0 Å². The number of nitrogens with zero attached hydrogens (tertiary/aromatic N) is 2. The van der Waals surface area contributed by atoms with Crippen LogP contribution in [0.5, 0.6) is 0 Å². The van der Waals surface area contributed by atoms with Gasteiger partial charge in [0.25, 0.3) is 0 Å². The van der Waals surface area contributed by atoms with Gasteiger partial charge in [0.15, 0.2) is 0 Å². The van der Waals surface area contributed by atoms with Crippen molar-refractivity contribution in [3.05, 3.63) is 18.7 Å². The van der Waals surface area contributed by atoms with Crippen LogP contribution in [0.4, 0.5) is 0 Å². The molecule has 0 saturated heterocycles. The molecule has 0 aromatic carbocycles.